The zero-order valence-corrected chi connectivity index (χ0v) is 10.8. The van der Waals surface area contributed by atoms with Crippen LogP contribution in [0.3, 0.4) is 0 Å². The molecule has 0 aromatic rings. The third-order valence-corrected chi connectivity index (χ3v) is 3.52. The van der Waals surface area contributed by atoms with Crippen molar-refractivity contribution in [1.29, 1.82) is 0 Å². The minimum atomic E-state index is -3.17. The van der Waals surface area contributed by atoms with E-state index in [1.165, 1.54) is 0 Å². The van der Waals surface area contributed by atoms with Gasteiger partial charge in [-0.15, -0.1) is 0 Å². The fourth-order valence-corrected chi connectivity index (χ4v) is 2.10. The summed E-state index contributed by atoms with van der Waals surface area (Å²) in [6.45, 7) is 4.67. The van der Waals surface area contributed by atoms with Gasteiger partial charge in [0.1, 0.15) is 0 Å². The van der Waals surface area contributed by atoms with E-state index in [9.17, 15) is 8.42 Å². The Kier molecular flexibility index (Phi) is 6.35. The van der Waals surface area contributed by atoms with Crippen LogP contribution in [-0.2, 0) is 14.8 Å². The van der Waals surface area contributed by atoms with Crippen molar-refractivity contribution in [3.8, 4) is 0 Å². The van der Waals surface area contributed by atoms with Crippen molar-refractivity contribution in [1.82, 2.24) is 10.0 Å². The molecule has 6 heteroatoms. The van der Waals surface area contributed by atoms with E-state index in [-0.39, 0.29) is 5.75 Å². The van der Waals surface area contributed by atoms with Crippen LogP contribution >= 0.6 is 0 Å². The van der Waals surface area contributed by atoms with Crippen molar-refractivity contribution in [2.75, 3.05) is 33.0 Å². The summed E-state index contributed by atoms with van der Waals surface area (Å²) in [5.41, 5.74) is -0.462. The van der Waals surface area contributed by atoms with E-state index in [1.807, 2.05) is 13.8 Å². The highest BCUT2D eigenvalue weighted by molar-refractivity contribution is 7.89. The van der Waals surface area contributed by atoms with Crippen molar-refractivity contribution in [3.63, 3.8) is 0 Å². The predicted octanol–water partition coefficient (Wildman–Crippen LogP) is -0.0597. The van der Waals surface area contributed by atoms with Crippen molar-refractivity contribution >= 4 is 10.0 Å². The van der Waals surface area contributed by atoms with Gasteiger partial charge in [-0.3, -0.25) is 0 Å². The Labute approximate surface area is 92.6 Å². The van der Waals surface area contributed by atoms with Gasteiger partial charge in [0.05, 0.1) is 11.4 Å². The SMILES string of the molecule is CNCCCS(=O)(=O)NCC(C)(C)OC. The van der Waals surface area contributed by atoms with Crippen molar-refractivity contribution in [3.05, 3.63) is 0 Å². The molecule has 0 heterocycles. The van der Waals surface area contributed by atoms with Crippen LogP contribution in [0.2, 0.25) is 0 Å². The van der Waals surface area contributed by atoms with Gasteiger partial charge in [-0.1, -0.05) is 0 Å². The van der Waals surface area contributed by atoms with Gasteiger partial charge in [0.25, 0.3) is 0 Å². The lowest BCUT2D eigenvalue weighted by atomic mass is 10.1. The maximum Gasteiger partial charge on any atom is 0.211 e. The molecule has 0 unspecified atom stereocenters. The van der Waals surface area contributed by atoms with Gasteiger partial charge < -0.3 is 10.1 Å². The highest BCUT2D eigenvalue weighted by Crippen LogP contribution is 2.05. The molecular weight excluding hydrogens is 216 g/mol. The van der Waals surface area contributed by atoms with Crippen LogP contribution in [-0.4, -0.2) is 47.0 Å². The van der Waals surface area contributed by atoms with Crippen LogP contribution in [0.15, 0.2) is 0 Å². The van der Waals surface area contributed by atoms with Gasteiger partial charge in [0.2, 0.25) is 10.0 Å². The normalized spacial score (nSPS) is 13.1. The summed E-state index contributed by atoms with van der Waals surface area (Å²) in [5.74, 6) is 0.146. The second kappa shape index (κ2) is 6.42. The molecule has 0 aliphatic rings. The molecule has 0 rings (SSSR count). The lowest BCUT2D eigenvalue weighted by molar-refractivity contribution is 0.0276. The predicted molar refractivity (Wildman–Crippen MR) is 61.4 cm³/mol. The van der Waals surface area contributed by atoms with Gasteiger partial charge in [-0.25, -0.2) is 13.1 Å². The summed E-state index contributed by atoms with van der Waals surface area (Å²) in [6.07, 6.45) is 0.610. The molecule has 0 aromatic carbocycles. The zero-order chi connectivity index (χ0) is 11.9. The molecule has 0 bridgehead atoms. The van der Waals surface area contributed by atoms with E-state index >= 15 is 0 Å². The Morgan fingerprint density at radius 1 is 1.33 bits per heavy atom. The fourth-order valence-electron chi connectivity index (χ4n) is 0.867. The topological polar surface area (TPSA) is 67.4 Å². The lowest BCUT2D eigenvalue weighted by Crippen LogP contribution is -2.40. The second-order valence-electron chi connectivity index (χ2n) is 4.06. The van der Waals surface area contributed by atoms with Crippen LogP contribution in [0.5, 0.6) is 0 Å². The summed E-state index contributed by atoms with van der Waals surface area (Å²) >= 11 is 0. The quantitative estimate of drug-likeness (QED) is 0.581. The Morgan fingerprint density at radius 2 is 1.93 bits per heavy atom. The molecule has 0 atom stereocenters. The molecule has 0 saturated heterocycles. The van der Waals surface area contributed by atoms with E-state index in [2.05, 4.69) is 10.0 Å². The van der Waals surface area contributed by atoms with Crippen LogP contribution < -0.4 is 10.0 Å². The molecule has 0 aliphatic heterocycles. The van der Waals surface area contributed by atoms with E-state index in [0.717, 1.165) is 0 Å². The van der Waals surface area contributed by atoms with E-state index < -0.39 is 15.6 Å². The number of rotatable bonds is 8. The summed E-state index contributed by atoms with van der Waals surface area (Å²) < 4.78 is 30.6. The maximum atomic E-state index is 11.5. The summed E-state index contributed by atoms with van der Waals surface area (Å²) in [4.78, 5) is 0. The molecule has 0 radical (unpaired) electrons. The minimum absolute atomic E-state index is 0.146. The summed E-state index contributed by atoms with van der Waals surface area (Å²) in [7, 11) is 0.197. The molecule has 0 saturated carbocycles. The van der Waals surface area contributed by atoms with E-state index in [0.29, 0.717) is 19.5 Å². The average molecular weight is 238 g/mol. The number of ether oxygens (including phenoxy) is 1. The monoisotopic (exact) mass is 238 g/mol. The van der Waals surface area contributed by atoms with Gasteiger partial charge in [-0.2, -0.15) is 0 Å². The first kappa shape index (κ1) is 14.8. The standard InChI is InChI=1S/C9H22N2O3S/c1-9(2,14-4)8-11-15(12,13)7-5-6-10-3/h10-11H,5-8H2,1-4H3. The van der Waals surface area contributed by atoms with Crippen molar-refractivity contribution in [2.24, 2.45) is 0 Å². The third-order valence-electron chi connectivity index (χ3n) is 2.11. The highest BCUT2D eigenvalue weighted by Gasteiger charge is 2.19. The maximum absolute atomic E-state index is 11.5. The summed E-state index contributed by atoms with van der Waals surface area (Å²) in [5, 5.41) is 2.91. The largest absolute Gasteiger partial charge is 0.377 e. The van der Waals surface area contributed by atoms with E-state index in [4.69, 9.17) is 4.74 Å². The molecule has 0 fully saturated rings. The second-order valence-corrected chi connectivity index (χ2v) is 5.99. The Hall–Kier alpha value is -0.170. The van der Waals surface area contributed by atoms with E-state index in [1.54, 1.807) is 14.2 Å². The molecule has 0 amide bonds. The number of hydrogen-bond donors (Lipinski definition) is 2. The van der Waals surface area contributed by atoms with Crippen LogP contribution in [0.4, 0.5) is 0 Å². The van der Waals surface area contributed by atoms with Crippen LogP contribution in [0.1, 0.15) is 20.3 Å². The molecule has 0 aromatic heterocycles. The molecule has 0 aliphatic carbocycles. The average Bonchev–Trinajstić information content (AvgIpc) is 2.16. The first-order valence-corrected chi connectivity index (χ1v) is 6.65. The number of nitrogens with one attached hydrogen (secondary N) is 2. The van der Waals surface area contributed by atoms with Crippen molar-refractivity contribution < 1.29 is 13.2 Å². The van der Waals surface area contributed by atoms with Gasteiger partial charge >= 0.3 is 0 Å². The molecule has 5 nitrogen and oxygen atoms in total. The molecule has 15 heavy (non-hydrogen) atoms. The Bertz CT molecular complexity index is 263. The highest BCUT2D eigenvalue weighted by atomic mass is 32.2. The Morgan fingerprint density at radius 3 is 2.40 bits per heavy atom. The number of hydrogen-bond acceptors (Lipinski definition) is 4. The van der Waals surface area contributed by atoms with Crippen molar-refractivity contribution in [2.45, 2.75) is 25.9 Å². The molecule has 2 N–H and O–H groups in total. The fraction of sp³-hybridized carbons (Fsp3) is 1.00. The zero-order valence-electron chi connectivity index (χ0n) is 9.96. The minimum Gasteiger partial charge on any atom is -0.377 e. The molecule has 92 valence electrons. The van der Waals surface area contributed by atoms with Gasteiger partial charge in [0.15, 0.2) is 0 Å². The molecular formula is C9H22N2O3S. The lowest BCUT2D eigenvalue weighted by Gasteiger charge is -2.22. The van der Waals surface area contributed by atoms with Gasteiger partial charge in [-0.05, 0) is 33.9 Å². The smallest absolute Gasteiger partial charge is 0.211 e. The first-order chi connectivity index (χ1) is 6.83. The Balaban J connectivity index is 3.94. The molecule has 0 spiro atoms. The number of sulfonamides is 1. The van der Waals surface area contributed by atoms with Crippen LogP contribution in [0.25, 0.3) is 0 Å². The first-order valence-electron chi connectivity index (χ1n) is 5.00. The van der Waals surface area contributed by atoms with Gasteiger partial charge in [0, 0.05) is 13.7 Å². The summed E-state index contributed by atoms with van der Waals surface area (Å²) in [6, 6.07) is 0. The number of methoxy groups -OCH3 is 1. The third kappa shape index (κ3) is 7.72. The van der Waals surface area contributed by atoms with Crippen LogP contribution in [0, 0.1) is 0 Å².